The summed E-state index contributed by atoms with van der Waals surface area (Å²) < 4.78 is 5.59. The number of ether oxygens (including phenoxy) is 1. The number of carboxylic acids is 1. The largest absolute Gasteiger partial charge is 0.481 e. The van der Waals surface area contributed by atoms with Crippen LogP contribution in [0.2, 0.25) is 0 Å². The maximum absolute atomic E-state index is 11.9. The molecule has 8 nitrogen and oxygen atoms in total. The van der Waals surface area contributed by atoms with Crippen LogP contribution < -0.4 is 11.4 Å². The van der Waals surface area contributed by atoms with Crippen LogP contribution in [0, 0.1) is 0 Å². The molecule has 0 bridgehead atoms. The van der Waals surface area contributed by atoms with Crippen LogP contribution in [0.5, 0.6) is 0 Å². The first-order chi connectivity index (χ1) is 10.5. The lowest BCUT2D eigenvalue weighted by molar-refractivity contribution is -0.136. The highest BCUT2D eigenvalue weighted by Crippen LogP contribution is 2.07. The highest BCUT2D eigenvalue weighted by molar-refractivity contribution is 5.74. The fourth-order valence-electron chi connectivity index (χ4n) is 1.72. The Morgan fingerprint density at radius 2 is 1.95 bits per heavy atom. The molecule has 0 aliphatic carbocycles. The number of benzene rings is 1. The molecule has 1 aromatic heterocycles. The highest BCUT2D eigenvalue weighted by Gasteiger charge is 2.15. The van der Waals surface area contributed by atoms with Crippen molar-refractivity contribution < 1.29 is 19.4 Å². The average molecular weight is 303 g/mol. The smallest absolute Gasteiger partial charge is 0.422 e. The number of carboxylic acid groups (broad SMARTS) is 1. The first-order valence-electron chi connectivity index (χ1n) is 6.28. The van der Waals surface area contributed by atoms with Crippen molar-refractivity contribution in [3.05, 3.63) is 58.1 Å². The summed E-state index contributed by atoms with van der Waals surface area (Å²) in [7, 11) is 0. The molecule has 0 aliphatic heterocycles. The Kier molecular flexibility index (Phi) is 4.52. The van der Waals surface area contributed by atoms with Gasteiger partial charge in [0.05, 0.1) is 6.42 Å². The number of hydrogen-bond donors (Lipinski definition) is 2. The van der Waals surface area contributed by atoms with Gasteiger partial charge in [0.1, 0.15) is 12.4 Å². The number of nitrogens with two attached hydrogens (primary N) is 1. The van der Waals surface area contributed by atoms with Crippen molar-refractivity contribution in [1.82, 2.24) is 9.55 Å². The Hall–Kier alpha value is -3.16. The van der Waals surface area contributed by atoms with E-state index in [1.807, 2.05) is 6.07 Å². The lowest BCUT2D eigenvalue weighted by Crippen LogP contribution is -2.31. The molecule has 0 aliphatic rings. The number of hydrogen-bond acceptors (Lipinski definition) is 6. The van der Waals surface area contributed by atoms with E-state index in [0.717, 1.165) is 11.8 Å². The number of nitrogen functional groups attached to an aromatic ring is 1. The van der Waals surface area contributed by atoms with Gasteiger partial charge < -0.3 is 15.6 Å². The number of aromatic nitrogens is 2. The summed E-state index contributed by atoms with van der Waals surface area (Å²) >= 11 is 0. The lowest BCUT2D eigenvalue weighted by atomic mass is 10.2. The van der Waals surface area contributed by atoms with Crippen LogP contribution in [0.15, 0.2) is 41.3 Å². The van der Waals surface area contributed by atoms with Gasteiger partial charge in [-0.2, -0.15) is 4.98 Å². The van der Waals surface area contributed by atoms with Gasteiger partial charge in [0.25, 0.3) is 0 Å². The molecule has 114 valence electrons. The molecule has 0 spiro atoms. The molecule has 22 heavy (non-hydrogen) atoms. The van der Waals surface area contributed by atoms with Crippen molar-refractivity contribution in [2.75, 3.05) is 5.73 Å². The van der Waals surface area contributed by atoms with Gasteiger partial charge in [0.15, 0.2) is 0 Å². The van der Waals surface area contributed by atoms with E-state index in [1.54, 1.807) is 24.3 Å². The Morgan fingerprint density at radius 3 is 2.59 bits per heavy atom. The van der Waals surface area contributed by atoms with Crippen LogP contribution in [0.4, 0.5) is 10.6 Å². The zero-order chi connectivity index (χ0) is 16.1. The van der Waals surface area contributed by atoms with Gasteiger partial charge in [0.2, 0.25) is 0 Å². The SMILES string of the molecule is Nc1nc(=O)n(C(=O)OCc2ccccc2)cc1CC(=O)O. The number of anilines is 1. The molecule has 0 fully saturated rings. The van der Waals surface area contributed by atoms with Gasteiger partial charge in [0, 0.05) is 11.8 Å². The van der Waals surface area contributed by atoms with Crippen molar-refractivity contribution in [2.45, 2.75) is 13.0 Å². The fourth-order valence-corrected chi connectivity index (χ4v) is 1.72. The molecule has 0 atom stereocenters. The third kappa shape index (κ3) is 3.69. The Balaban J connectivity index is 2.18. The van der Waals surface area contributed by atoms with Crippen LogP contribution in [0.25, 0.3) is 0 Å². The predicted molar refractivity (Wildman–Crippen MR) is 76.3 cm³/mol. The predicted octanol–water partition coefficient (Wildman–Crippen LogP) is 0.637. The normalized spacial score (nSPS) is 10.2. The van der Waals surface area contributed by atoms with Gasteiger partial charge in [-0.25, -0.2) is 14.2 Å². The minimum Gasteiger partial charge on any atom is -0.481 e. The van der Waals surface area contributed by atoms with Crippen LogP contribution >= 0.6 is 0 Å². The van der Waals surface area contributed by atoms with E-state index < -0.39 is 24.2 Å². The molecule has 0 saturated heterocycles. The van der Waals surface area contributed by atoms with E-state index in [0.29, 0.717) is 4.57 Å². The maximum Gasteiger partial charge on any atom is 0.422 e. The second kappa shape index (κ2) is 6.53. The van der Waals surface area contributed by atoms with E-state index in [2.05, 4.69) is 4.98 Å². The summed E-state index contributed by atoms with van der Waals surface area (Å²) in [4.78, 5) is 37.7. The van der Waals surface area contributed by atoms with Gasteiger partial charge >= 0.3 is 17.8 Å². The van der Waals surface area contributed by atoms with E-state index >= 15 is 0 Å². The Bertz CT molecular complexity index is 755. The van der Waals surface area contributed by atoms with E-state index in [1.165, 1.54) is 0 Å². The summed E-state index contributed by atoms with van der Waals surface area (Å²) in [5, 5.41) is 8.76. The summed E-state index contributed by atoms with van der Waals surface area (Å²) in [5.74, 6) is -1.38. The molecule has 0 unspecified atom stereocenters. The minimum absolute atomic E-state index is 0.0231. The van der Waals surface area contributed by atoms with Crippen LogP contribution in [-0.2, 0) is 22.6 Å². The molecule has 2 rings (SSSR count). The molecular formula is C14H13N3O5. The lowest BCUT2D eigenvalue weighted by Gasteiger charge is -2.08. The zero-order valence-electron chi connectivity index (χ0n) is 11.4. The standard InChI is InChI=1S/C14H13N3O5/c15-12-10(6-11(18)19)7-17(13(20)16-12)14(21)22-8-9-4-2-1-3-5-9/h1-5,7H,6,8H2,(H,18,19)(H2,15,16,20). The van der Waals surface area contributed by atoms with Gasteiger partial charge in [-0.1, -0.05) is 30.3 Å². The van der Waals surface area contributed by atoms with Crippen LogP contribution in [0.1, 0.15) is 11.1 Å². The van der Waals surface area contributed by atoms with Gasteiger partial charge in [-0.15, -0.1) is 0 Å². The number of nitrogens with zero attached hydrogens (tertiary/aromatic N) is 2. The summed E-state index contributed by atoms with van der Waals surface area (Å²) in [5.41, 5.74) is 5.34. The molecule has 3 N–H and O–H groups in total. The molecule has 8 heteroatoms. The third-order valence-electron chi connectivity index (χ3n) is 2.78. The van der Waals surface area contributed by atoms with Crippen LogP contribution in [0.3, 0.4) is 0 Å². The molecule has 0 saturated carbocycles. The van der Waals surface area contributed by atoms with Crippen molar-refractivity contribution in [3.63, 3.8) is 0 Å². The first kappa shape index (κ1) is 15.2. The molecule has 1 heterocycles. The molecule has 1 aromatic carbocycles. The first-order valence-corrected chi connectivity index (χ1v) is 6.28. The van der Waals surface area contributed by atoms with E-state index in [4.69, 9.17) is 15.6 Å². The average Bonchev–Trinajstić information content (AvgIpc) is 2.48. The summed E-state index contributed by atoms with van der Waals surface area (Å²) in [6.45, 7) is -0.0231. The maximum atomic E-state index is 11.9. The zero-order valence-corrected chi connectivity index (χ0v) is 11.4. The van der Waals surface area contributed by atoms with Crippen molar-refractivity contribution >= 4 is 17.9 Å². The summed E-state index contributed by atoms with van der Waals surface area (Å²) in [6, 6.07) is 8.90. The second-order valence-electron chi connectivity index (χ2n) is 4.41. The fraction of sp³-hybridized carbons (Fsp3) is 0.143. The number of carbonyl (C=O) groups is 2. The Morgan fingerprint density at radius 1 is 1.27 bits per heavy atom. The van der Waals surface area contributed by atoms with E-state index in [-0.39, 0.29) is 18.0 Å². The highest BCUT2D eigenvalue weighted by atomic mass is 16.5. The number of aliphatic carboxylic acids is 1. The molecule has 0 radical (unpaired) electrons. The van der Waals surface area contributed by atoms with Gasteiger partial charge in [-0.05, 0) is 5.56 Å². The monoisotopic (exact) mass is 303 g/mol. The topological polar surface area (TPSA) is 125 Å². The second-order valence-corrected chi connectivity index (χ2v) is 4.41. The summed E-state index contributed by atoms with van der Waals surface area (Å²) in [6.07, 6.45) is -0.370. The van der Waals surface area contributed by atoms with E-state index in [9.17, 15) is 14.4 Å². The van der Waals surface area contributed by atoms with Crippen molar-refractivity contribution in [3.8, 4) is 0 Å². The molecule has 0 amide bonds. The molecule has 2 aromatic rings. The molecular weight excluding hydrogens is 290 g/mol. The quantitative estimate of drug-likeness (QED) is 0.848. The minimum atomic E-state index is -1.16. The third-order valence-corrected chi connectivity index (χ3v) is 2.78. The van der Waals surface area contributed by atoms with Crippen LogP contribution in [-0.4, -0.2) is 26.7 Å². The Labute approximate surface area is 124 Å². The van der Waals surface area contributed by atoms with Gasteiger partial charge in [-0.3, -0.25) is 4.79 Å². The number of rotatable bonds is 4. The van der Waals surface area contributed by atoms with Crippen molar-refractivity contribution in [1.29, 1.82) is 0 Å². The number of carbonyl (C=O) groups excluding carboxylic acids is 1. The van der Waals surface area contributed by atoms with Crippen molar-refractivity contribution in [2.24, 2.45) is 0 Å².